The summed E-state index contributed by atoms with van der Waals surface area (Å²) in [6.07, 6.45) is 2.65. The van der Waals surface area contributed by atoms with Crippen molar-refractivity contribution in [3.8, 4) is 5.75 Å². The highest BCUT2D eigenvalue weighted by Gasteiger charge is 2.20. The highest BCUT2D eigenvalue weighted by atomic mass is 127. The fraction of sp³-hybridized carbons (Fsp3) is 0.611. The monoisotopic (exact) mass is 447 g/mol. The van der Waals surface area contributed by atoms with Gasteiger partial charge in [0, 0.05) is 32.3 Å². The molecule has 0 aliphatic heterocycles. The number of halogens is 1. The molecule has 0 aromatic heterocycles. The van der Waals surface area contributed by atoms with Gasteiger partial charge in [0.1, 0.15) is 5.75 Å². The van der Waals surface area contributed by atoms with E-state index in [0.29, 0.717) is 13.2 Å². The van der Waals surface area contributed by atoms with Gasteiger partial charge in [0.25, 0.3) is 0 Å². The highest BCUT2D eigenvalue weighted by molar-refractivity contribution is 14.0. The smallest absolute Gasteiger partial charge is 0.194 e. The van der Waals surface area contributed by atoms with Gasteiger partial charge in [0.2, 0.25) is 0 Å². The van der Waals surface area contributed by atoms with Gasteiger partial charge in [-0.1, -0.05) is 18.2 Å². The molecule has 0 atom stereocenters. The highest BCUT2D eigenvalue weighted by Crippen LogP contribution is 2.28. The van der Waals surface area contributed by atoms with Crippen LogP contribution in [-0.4, -0.2) is 51.3 Å². The van der Waals surface area contributed by atoms with Gasteiger partial charge in [-0.05, 0) is 31.7 Å². The third kappa shape index (κ3) is 7.25. The molecule has 5 nitrogen and oxygen atoms in total. The molecule has 1 aromatic rings. The quantitative estimate of drug-likeness (QED) is 0.274. The molecule has 136 valence electrons. The summed E-state index contributed by atoms with van der Waals surface area (Å²) >= 11 is 0. The number of benzene rings is 1. The third-order valence-corrected chi connectivity index (χ3v) is 3.84. The molecule has 1 N–H and O–H groups in total. The Bertz CT molecular complexity index is 507. The van der Waals surface area contributed by atoms with Crippen LogP contribution in [-0.2, 0) is 11.3 Å². The number of nitrogens with one attached hydrogen (secondary N) is 1. The third-order valence-electron chi connectivity index (χ3n) is 3.84. The van der Waals surface area contributed by atoms with Crippen LogP contribution >= 0.6 is 24.0 Å². The van der Waals surface area contributed by atoms with Gasteiger partial charge >= 0.3 is 0 Å². The molecule has 1 aromatic carbocycles. The van der Waals surface area contributed by atoms with E-state index in [9.17, 15) is 0 Å². The van der Waals surface area contributed by atoms with Crippen LogP contribution in [0.4, 0.5) is 0 Å². The SMILES string of the molecule is CCNC(=NCCOCC1CC1)N(C)Cc1ccccc1OC.I. The van der Waals surface area contributed by atoms with E-state index in [1.165, 1.54) is 12.8 Å². The van der Waals surface area contributed by atoms with Gasteiger partial charge in [-0.25, -0.2) is 0 Å². The van der Waals surface area contributed by atoms with Crippen molar-refractivity contribution in [3.63, 3.8) is 0 Å². The van der Waals surface area contributed by atoms with Crippen LogP contribution in [0.3, 0.4) is 0 Å². The molecule has 6 heteroatoms. The Hall–Kier alpha value is -1.02. The van der Waals surface area contributed by atoms with E-state index < -0.39 is 0 Å². The first kappa shape index (κ1) is 21.0. The van der Waals surface area contributed by atoms with E-state index in [2.05, 4.69) is 28.2 Å². The van der Waals surface area contributed by atoms with Crippen molar-refractivity contribution in [3.05, 3.63) is 29.8 Å². The molecular weight excluding hydrogens is 417 g/mol. The number of aliphatic imine (C=N–C) groups is 1. The first-order chi connectivity index (χ1) is 11.2. The summed E-state index contributed by atoms with van der Waals surface area (Å²) in [5, 5.41) is 3.33. The predicted octanol–water partition coefficient (Wildman–Crippen LogP) is 3.14. The van der Waals surface area contributed by atoms with E-state index in [4.69, 9.17) is 9.47 Å². The molecule has 0 spiro atoms. The van der Waals surface area contributed by atoms with E-state index in [1.807, 2.05) is 25.2 Å². The van der Waals surface area contributed by atoms with Crippen molar-refractivity contribution in [2.45, 2.75) is 26.3 Å². The van der Waals surface area contributed by atoms with Crippen molar-refractivity contribution < 1.29 is 9.47 Å². The lowest BCUT2D eigenvalue weighted by Crippen LogP contribution is -2.38. The standard InChI is InChI=1S/C18H29N3O2.HI/c1-4-19-18(20-11-12-23-14-15-9-10-15)21(2)13-16-7-5-6-8-17(16)22-3;/h5-8,15H,4,9-14H2,1-3H3,(H,19,20);1H. The van der Waals surface area contributed by atoms with Crippen molar-refractivity contribution in [2.24, 2.45) is 10.9 Å². The van der Waals surface area contributed by atoms with Crippen molar-refractivity contribution >= 4 is 29.9 Å². The molecule has 2 rings (SSSR count). The van der Waals surface area contributed by atoms with Gasteiger partial charge in [-0.2, -0.15) is 0 Å². The van der Waals surface area contributed by atoms with Crippen LogP contribution < -0.4 is 10.1 Å². The van der Waals surface area contributed by atoms with Gasteiger partial charge < -0.3 is 19.7 Å². The minimum atomic E-state index is 0. The molecule has 0 unspecified atom stereocenters. The number of rotatable bonds is 9. The Kier molecular flexibility index (Phi) is 10.1. The lowest BCUT2D eigenvalue weighted by atomic mass is 10.2. The zero-order valence-corrected chi connectivity index (χ0v) is 17.3. The molecular formula is C18H30IN3O2. The van der Waals surface area contributed by atoms with Gasteiger partial charge in [-0.3, -0.25) is 4.99 Å². The Labute approximate surface area is 162 Å². The summed E-state index contributed by atoms with van der Waals surface area (Å²) in [4.78, 5) is 6.76. The number of methoxy groups -OCH3 is 1. The second-order valence-corrected chi connectivity index (χ2v) is 5.92. The molecule has 0 radical (unpaired) electrons. The molecule has 1 aliphatic rings. The summed E-state index contributed by atoms with van der Waals surface area (Å²) in [5.74, 6) is 2.61. The average molecular weight is 447 g/mol. The van der Waals surface area contributed by atoms with E-state index in [0.717, 1.165) is 42.9 Å². The van der Waals surface area contributed by atoms with Crippen LogP contribution in [0.5, 0.6) is 5.75 Å². The summed E-state index contributed by atoms with van der Waals surface area (Å²) in [5.41, 5.74) is 1.15. The van der Waals surface area contributed by atoms with E-state index in [1.54, 1.807) is 7.11 Å². The number of hydrogen-bond acceptors (Lipinski definition) is 3. The van der Waals surface area contributed by atoms with Crippen LogP contribution in [0, 0.1) is 5.92 Å². The second kappa shape index (κ2) is 11.5. The number of nitrogens with zero attached hydrogens (tertiary/aromatic N) is 2. The molecule has 0 heterocycles. The van der Waals surface area contributed by atoms with Crippen LogP contribution in [0.15, 0.2) is 29.3 Å². The van der Waals surface area contributed by atoms with Crippen molar-refractivity contribution in [1.82, 2.24) is 10.2 Å². The van der Waals surface area contributed by atoms with Crippen LogP contribution in [0.2, 0.25) is 0 Å². The van der Waals surface area contributed by atoms with Crippen molar-refractivity contribution in [1.29, 1.82) is 0 Å². The first-order valence-corrected chi connectivity index (χ1v) is 8.43. The fourth-order valence-electron chi connectivity index (χ4n) is 2.38. The summed E-state index contributed by atoms with van der Waals surface area (Å²) < 4.78 is 11.1. The van der Waals surface area contributed by atoms with Gasteiger partial charge in [0.15, 0.2) is 5.96 Å². The van der Waals surface area contributed by atoms with E-state index >= 15 is 0 Å². The molecule has 24 heavy (non-hydrogen) atoms. The zero-order valence-electron chi connectivity index (χ0n) is 15.0. The predicted molar refractivity (Wildman–Crippen MR) is 109 cm³/mol. The number of hydrogen-bond donors (Lipinski definition) is 1. The first-order valence-electron chi connectivity index (χ1n) is 8.43. The van der Waals surface area contributed by atoms with Gasteiger partial charge in [-0.15, -0.1) is 24.0 Å². The number of guanidine groups is 1. The topological polar surface area (TPSA) is 46.1 Å². The summed E-state index contributed by atoms with van der Waals surface area (Å²) in [6.45, 7) is 5.94. The summed E-state index contributed by atoms with van der Waals surface area (Å²) in [7, 11) is 3.74. The average Bonchev–Trinajstić information content (AvgIpc) is 3.38. The molecule has 1 saturated carbocycles. The lowest BCUT2D eigenvalue weighted by Gasteiger charge is -2.23. The zero-order chi connectivity index (χ0) is 16.5. The number of ether oxygens (including phenoxy) is 2. The Balaban J connectivity index is 0.00000288. The number of para-hydroxylation sites is 1. The Morgan fingerprint density at radius 3 is 2.75 bits per heavy atom. The molecule has 0 amide bonds. The minimum absolute atomic E-state index is 0. The maximum Gasteiger partial charge on any atom is 0.194 e. The van der Waals surface area contributed by atoms with Crippen LogP contribution in [0.1, 0.15) is 25.3 Å². The minimum Gasteiger partial charge on any atom is -0.496 e. The van der Waals surface area contributed by atoms with E-state index in [-0.39, 0.29) is 24.0 Å². The maximum atomic E-state index is 5.65. The normalized spacial score (nSPS) is 14.0. The Morgan fingerprint density at radius 1 is 1.33 bits per heavy atom. The summed E-state index contributed by atoms with van der Waals surface area (Å²) in [6, 6.07) is 8.08. The fourth-order valence-corrected chi connectivity index (χ4v) is 2.38. The molecule has 0 bridgehead atoms. The van der Waals surface area contributed by atoms with Gasteiger partial charge in [0.05, 0.1) is 20.3 Å². The molecule has 1 fully saturated rings. The molecule has 0 saturated heterocycles. The largest absolute Gasteiger partial charge is 0.496 e. The van der Waals surface area contributed by atoms with Crippen molar-refractivity contribution in [2.75, 3.05) is 40.5 Å². The maximum absolute atomic E-state index is 5.65. The lowest BCUT2D eigenvalue weighted by molar-refractivity contribution is 0.131. The van der Waals surface area contributed by atoms with Crippen LogP contribution in [0.25, 0.3) is 0 Å². The molecule has 1 aliphatic carbocycles. The second-order valence-electron chi connectivity index (χ2n) is 5.92. The Morgan fingerprint density at radius 2 is 2.08 bits per heavy atom.